The number of benzene rings is 2. The van der Waals surface area contributed by atoms with Gasteiger partial charge in [0, 0.05) is 25.2 Å². The molecule has 0 saturated carbocycles. The minimum absolute atomic E-state index is 0.0770. The van der Waals surface area contributed by atoms with E-state index in [4.69, 9.17) is 16.3 Å². The number of hydrogen-bond acceptors (Lipinski definition) is 2. The molecule has 0 unspecified atom stereocenters. The predicted molar refractivity (Wildman–Crippen MR) is 96.7 cm³/mol. The number of hydrogen-bond donors (Lipinski definition) is 1. The Morgan fingerprint density at radius 2 is 1.88 bits per heavy atom. The number of ether oxygens (including phenoxy) is 1. The molecule has 0 bridgehead atoms. The van der Waals surface area contributed by atoms with Gasteiger partial charge in [-0.15, -0.1) is 0 Å². The highest BCUT2D eigenvalue weighted by atomic mass is 35.5. The van der Waals surface area contributed by atoms with Gasteiger partial charge in [0.15, 0.2) is 0 Å². The van der Waals surface area contributed by atoms with E-state index in [1.807, 2.05) is 37.3 Å². The molecule has 2 aromatic rings. The Morgan fingerprint density at radius 1 is 1.17 bits per heavy atom. The van der Waals surface area contributed by atoms with Gasteiger partial charge < -0.3 is 10.1 Å². The number of halogens is 1. The molecule has 3 nitrogen and oxygen atoms in total. The quantitative estimate of drug-likeness (QED) is 0.906. The lowest BCUT2D eigenvalue weighted by Crippen LogP contribution is -2.44. The third kappa shape index (κ3) is 3.63. The number of aryl methyl sites for hydroxylation is 1. The molecule has 1 fully saturated rings. The van der Waals surface area contributed by atoms with Crippen molar-refractivity contribution in [1.29, 1.82) is 0 Å². The monoisotopic (exact) mass is 343 g/mol. The second kappa shape index (κ2) is 7.37. The normalized spacial score (nSPS) is 16.6. The van der Waals surface area contributed by atoms with Crippen molar-refractivity contribution in [3.63, 3.8) is 0 Å². The van der Waals surface area contributed by atoms with E-state index in [0.29, 0.717) is 17.1 Å². The number of carbonyl (C=O) groups excluding carboxylic acids is 1. The highest BCUT2D eigenvalue weighted by molar-refractivity contribution is 6.33. The largest absolute Gasteiger partial charge is 0.381 e. The summed E-state index contributed by atoms with van der Waals surface area (Å²) in [6.45, 7) is 3.98. The number of carbonyl (C=O) groups is 1. The van der Waals surface area contributed by atoms with Crippen molar-refractivity contribution in [2.75, 3.05) is 19.8 Å². The summed E-state index contributed by atoms with van der Waals surface area (Å²) in [5, 5.41) is 3.58. The summed E-state index contributed by atoms with van der Waals surface area (Å²) in [5.74, 6) is -0.123. The van der Waals surface area contributed by atoms with Gasteiger partial charge in [0.1, 0.15) is 0 Å². The molecule has 126 valence electrons. The zero-order valence-corrected chi connectivity index (χ0v) is 14.6. The molecule has 1 aliphatic rings. The molecule has 0 atom stereocenters. The summed E-state index contributed by atoms with van der Waals surface area (Å²) >= 11 is 6.22. The van der Waals surface area contributed by atoms with Crippen molar-refractivity contribution in [3.05, 3.63) is 70.2 Å². The second-order valence-corrected chi connectivity index (χ2v) is 6.83. The lowest BCUT2D eigenvalue weighted by molar-refractivity contribution is 0.0487. The van der Waals surface area contributed by atoms with E-state index in [1.165, 1.54) is 5.56 Å². The van der Waals surface area contributed by atoms with Gasteiger partial charge in [-0.05, 0) is 43.0 Å². The van der Waals surface area contributed by atoms with Crippen molar-refractivity contribution in [2.24, 2.45) is 0 Å². The first-order chi connectivity index (χ1) is 11.6. The molecule has 1 amide bonds. The van der Waals surface area contributed by atoms with Crippen LogP contribution < -0.4 is 5.32 Å². The highest BCUT2D eigenvalue weighted by Crippen LogP contribution is 2.34. The van der Waals surface area contributed by atoms with E-state index in [1.54, 1.807) is 6.07 Å². The maximum absolute atomic E-state index is 12.6. The van der Waals surface area contributed by atoms with Gasteiger partial charge >= 0.3 is 0 Å². The second-order valence-electron chi connectivity index (χ2n) is 6.42. The van der Waals surface area contributed by atoms with Crippen LogP contribution in [0.5, 0.6) is 0 Å². The molecule has 1 N–H and O–H groups in total. The molecular weight excluding hydrogens is 322 g/mol. The first kappa shape index (κ1) is 17.0. The number of amides is 1. The van der Waals surface area contributed by atoms with Crippen LogP contribution in [0.25, 0.3) is 0 Å². The van der Waals surface area contributed by atoms with E-state index < -0.39 is 0 Å². The fourth-order valence-electron chi connectivity index (χ4n) is 3.27. The van der Waals surface area contributed by atoms with Gasteiger partial charge in [-0.3, -0.25) is 4.79 Å². The van der Waals surface area contributed by atoms with Crippen LogP contribution in [0, 0.1) is 6.92 Å². The van der Waals surface area contributed by atoms with Gasteiger partial charge in [0.05, 0.1) is 10.6 Å². The summed E-state index contributed by atoms with van der Waals surface area (Å²) in [6, 6.07) is 15.9. The zero-order chi connectivity index (χ0) is 17.0. The van der Waals surface area contributed by atoms with Crippen molar-refractivity contribution in [2.45, 2.75) is 25.2 Å². The Labute approximate surface area is 148 Å². The zero-order valence-electron chi connectivity index (χ0n) is 13.8. The topological polar surface area (TPSA) is 38.3 Å². The van der Waals surface area contributed by atoms with Crippen molar-refractivity contribution < 1.29 is 9.53 Å². The minimum atomic E-state index is -0.123. The molecule has 0 spiro atoms. The van der Waals surface area contributed by atoms with Crippen LogP contribution in [-0.4, -0.2) is 25.7 Å². The van der Waals surface area contributed by atoms with Gasteiger partial charge in [-0.25, -0.2) is 0 Å². The Hall–Kier alpha value is -1.84. The third-order valence-electron chi connectivity index (χ3n) is 4.79. The fourth-order valence-corrected chi connectivity index (χ4v) is 3.59. The van der Waals surface area contributed by atoms with Crippen LogP contribution >= 0.6 is 11.6 Å². The van der Waals surface area contributed by atoms with Gasteiger partial charge in [-0.1, -0.05) is 48.0 Å². The lowest BCUT2D eigenvalue weighted by Gasteiger charge is -2.38. The van der Waals surface area contributed by atoms with Gasteiger partial charge in [-0.2, -0.15) is 0 Å². The molecular formula is C20H22ClNO2. The van der Waals surface area contributed by atoms with Gasteiger partial charge in [0.25, 0.3) is 5.91 Å². The van der Waals surface area contributed by atoms with Crippen LogP contribution in [0.4, 0.5) is 0 Å². The molecule has 4 heteroatoms. The summed E-state index contributed by atoms with van der Waals surface area (Å²) in [5.41, 5.74) is 2.75. The molecule has 1 heterocycles. The smallest absolute Gasteiger partial charge is 0.252 e. The van der Waals surface area contributed by atoms with E-state index >= 15 is 0 Å². The van der Waals surface area contributed by atoms with Crippen LogP contribution in [0.15, 0.2) is 48.5 Å². The summed E-state index contributed by atoms with van der Waals surface area (Å²) in [7, 11) is 0. The molecule has 24 heavy (non-hydrogen) atoms. The number of nitrogens with one attached hydrogen (secondary N) is 1. The van der Waals surface area contributed by atoms with E-state index in [0.717, 1.165) is 31.6 Å². The third-order valence-corrected chi connectivity index (χ3v) is 5.11. The Morgan fingerprint density at radius 3 is 2.54 bits per heavy atom. The van der Waals surface area contributed by atoms with Crippen molar-refractivity contribution in [3.8, 4) is 0 Å². The van der Waals surface area contributed by atoms with E-state index in [9.17, 15) is 4.79 Å². The van der Waals surface area contributed by atoms with Crippen LogP contribution in [0.3, 0.4) is 0 Å². The molecule has 0 radical (unpaired) electrons. The predicted octanol–water partition coefficient (Wildman–Crippen LogP) is 4.13. The van der Waals surface area contributed by atoms with Crippen LogP contribution in [0.2, 0.25) is 5.02 Å². The molecule has 0 aliphatic carbocycles. The maximum atomic E-state index is 12.6. The standard InChI is InChI=1S/C20H22ClNO2/c1-15-7-8-17(18(21)13-15)19(23)22-14-20(9-11-24-12-10-20)16-5-3-2-4-6-16/h2-8,13H,9-12,14H2,1H3,(H,22,23). The summed E-state index contributed by atoms with van der Waals surface area (Å²) < 4.78 is 5.54. The Kier molecular flexibility index (Phi) is 5.22. The van der Waals surface area contributed by atoms with Crippen molar-refractivity contribution in [1.82, 2.24) is 5.32 Å². The first-order valence-electron chi connectivity index (χ1n) is 8.28. The Bertz CT molecular complexity index is 709. The molecule has 3 rings (SSSR count). The summed E-state index contributed by atoms with van der Waals surface area (Å²) in [4.78, 5) is 12.6. The minimum Gasteiger partial charge on any atom is -0.381 e. The van der Waals surface area contributed by atoms with Crippen LogP contribution in [-0.2, 0) is 10.2 Å². The summed E-state index contributed by atoms with van der Waals surface area (Å²) in [6.07, 6.45) is 1.80. The maximum Gasteiger partial charge on any atom is 0.252 e. The highest BCUT2D eigenvalue weighted by Gasteiger charge is 2.34. The number of rotatable bonds is 4. The lowest BCUT2D eigenvalue weighted by atomic mass is 9.74. The average molecular weight is 344 g/mol. The van der Waals surface area contributed by atoms with Crippen molar-refractivity contribution >= 4 is 17.5 Å². The van der Waals surface area contributed by atoms with Gasteiger partial charge in [0.2, 0.25) is 0 Å². The molecule has 1 saturated heterocycles. The Balaban J connectivity index is 1.78. The first-order valence-corrected chi connectivity index (χ1v) is 8.66. The van der Waals surface area contributed by atoms with Crippen LogP contribution in [0.1, 0.15) is 34.3 Å². The molecule has 1 aliphatic heterocycles. The molecule has 2 aromatic carbocycles. The van der Waals surface area contributed by atoms with E-state index in [-0.39, 0.29) is 11.3 Å². The van der Waals surface area contributed by atoms with E-state index in [2.05, 4.69) is 17.4 Å². The molecule has 0 aromatic heterocycles. The SMILES string of the molecule is Cc1ccc(C(=O)NCC2(c3ccccc3)CCOCC2)c(Cl)c1. The fraction of sp³-hybridized carbons (Fsp3) is 0.350. The average Bonchev–Trinajstić information content (AvgIpc) is 2.61.